The molecule has 0 N–H and O–H groups in total. The maximum Gasteiger partial charge on any atom is 0.310 e. The highest BCUT2D eigenvalue weighted by molar-refractivity contribution is 14.1. The zero-order chi connectivity index (χ0) is 13.0. The molecule has 0 radical (unpaired) electrons. The average Bonchev–Trinajstić information content (AvgIpc) is 2.21. The number of halogens is 4. The lowest BCUT2D eigenvalue weighted by molar-refractivity contribution is -0.142. The molecule has 7 heteroatoms. The normalized spacial score (nSPS) is 10.7. The lowest BCUT2D eigenvalue weighted by atomic mass is 10.1. The van der Waals surface area contributed by atoms with Crippen LogP contribution in [0, 0.1) is 9.65 Å². The summed E-state index contributed by atoms with van der Waals surface area (Å²) in [6.45, 7) is 1.75. The van der Waals surface area contributed by atoms with Crippen LogP contribution in [-0.4, -0.2) is 17.6 Å². The Hall–Kier alpha value is -0.860. The Kier molecular flexibility index (Phi) is 5.16. The van der Waals surface area contributed by atoms with E-state index in [1.807, 2.05) is 0 Å². The van der Waals surface area contributed by atoms with Crippen molar-refractivity contribution >= 4 is 28.6 Å². The van der Waals surface area contributed by atoms with Crippen molar-refractivity contribution < 1.29 is 22.7 Å². The van der Waals surface area contributed by atoms with E-state index in [0.29, 0.717) is 0 Å². The smallest absolute Gasteiger partial charge is 0.310 e. The van der Waals surface area contributed by atoms with Gasteiger partial charge in [-0.3, -0.25) is 4.79 Å². The zero-order valence-corrected chi connectivity index (χ0v) is 11.0. The van der Waals surface area contributed by atoms with E-state index in [0.717, 1.165) is 6.07 Å². The number of ether oxygens (including phenoxy) is 1. The van der Waals surface area contributed by atoms with Crippen molar-refractivity contribution in [2.75, 3.05) is 6.61 Å². The first-order valence-electron chi connectivity index (χ1n) is 4.74. The van der Waals surface area contributed by atoms with Crippen molar-refractivity contribution in [3.05, 3.63) is 26.8 Å². The third kappa shape index (κ3) is 3.83. The molecule has 1 rings (SSSR count). The van der Waals surface area contributed by atoms with Gasteiger partial charge in [-0.2, -0.15) is 4.39 Å². The van der Waals surface area contributed by atoms with Gasteiger partial charge in [0, 0.05) is 5.56 Å². The van der Waals surface area contributed by atoms with Crippen LogP contribution in [0.25, 0.3) is 0 Å². The highest BCUT2D eigenvalue weighted by Gasteiger charge is 2.18. The van der Waals surface area contributed by atoms with Gasteiger partial charge in [0.25, 0.3) is 6.43 Å². The van der Waals surface area contributed by atoms with Crippen molar-refractivity contribution in [3.63, 3.8) is 0 Å². The molecule has 0 aliphatic heterocycles. The molecule has 0 aliphatic carbocycles. The molecule has 0 unspecified atom stereocenters. The number of esters is 1. The van der Waals surface area contributed by atoms with Gasteiger partial charge in [0.05, 0.1) is 18.6 Å². The number of rotatable bonds is 4. The fourth-order valence-corrected chi connectivity index (χ4v) is 1.78. The summed E-state index contributed by atoms with van der Waals surface area (Å²) < 4.78 is 42.9. The minimum absolute atomic E-state index is 0.109. The average molecular weight is 359 g/mol. The van der Waals surface area contributed by atoms with Gasteiger partial charge < -0.3 is 4.74 Å². The van der Waals surface area contributed by atoms with Crippen molar-refractivity contribution in [2.45, 2.75) is 19.8 Å². The van der Waals surface area contributed by atoms with Crippen molar-refractivity contribution in [2.24, 2.45) is 0 Å². The molecular formula is C10H9F3INO2. The fraction of sp³-hybridized carbons (Fsp3) is 0.400. The Morgan fingerprint density at radius 3 is 2.76 bits per heavy atom. The fourth-order valence-electron chi connectivity index (χ4n) is 1.17. The van der Waals surface area contributed by atoms with Gasteiger partial charge in [-0.15, -0.1) is 0 Å². The van der Waals surface area contributed by atoms with Crippen molar-refractivity contribution in [1.29, 1.82) is 0 Å². The monoisotopic (exact) mass is 359 g/mol. The molecule has 1 aromatic heterocycles. The van der Waals surface area contributed by atoms with E-state index in [1.165, 1.54) is 22.6 Å². The van der Waals surface area contributed by atoms with Crippen LogP contribution < -0.4 is 0 Å². The van der Waals surface area contributed by atoms with E-state index >= 15 is 0 Å². The van der Waals surface area contributed by atoms with E-state index in [9.17, 15) is 18.0 Å². The summed E-state index contributed by atoms with van der Waals surface area (Å²) in [5, 5.41) is 0. The third-order valence-corrected chi connectivity index (χ3v) is 2.77. The van der Waals surface area contributed by atoms with E-state index in [4.69, 9.17) is 0 Å². The number of hydrogen-bond donors (Lipinski definition) is 0. The summed E-state index contributed by atoms with van der Waals surface area (Å²) in [5.74, 6) is -1.60. The van der Waals surface area contributed by atoms with Gasteiger partial charge in [-0.25, -0.2) is 13.8 Å². The number of hydrogen-bond acceptors (Lipinski definition) is 3. The van der Waals surface area contributed by atoms with Crippen LogP contribution in [0.15, 0.2) is 6.07 Å². The highest BCUT2D eigenvalue weighted by atomic mass is 127. The molecule has 0 amide bonds. The predicted octanol–water partition coefficient (Wildman–Crippen LogP) is 2.87. The van der Waals surface area contributed by atoms with Crippen LogP contribution in [0.3, 0.4) is 0 Å². The summed E-state index contributed by atoms with van der Waals surface area (Å²) in [4.78, 5) is 14.5. The van der Waals surface area contributed by atoms with Gasteiger partial charge in [-0.1, -0.05) is 0 Å². The van der Waals surface area contributed by atoms with Crippen molar-refractivity contribution in [1.82, 2.24) is 4.98 Å². The molecule has 1 aromatic rings. The van der Waals surface area contributed by atoms with E-state index in [-0.39, 0.29) is 21.4 Å². The number of aromatic nitrogens is 1. The minimum Gasteiger partial charge on any atom is -0.466 e. The van der Waals surface area contributed by atoms with Gasteiger partial charge in [-0.05, 0) is 35.6 Å². The topological polar surface area (TPSA) is 39.2 Å². The number of nitrogens with zero attached hydrogens (tertiary/aromatic N) is 1. The van der Waals surface area contributed by atoms with E-state index in [2.05, 4.69) is 9.72 Å². The number of carbonyl (C=O) groups excluding carboxylic acids is 1. The van der Waals surface area contributed by atoms with E-state index < -0.39 is 24.8 Å². The molecule has 0 fully saturated rings. The Morgan fingerprint density at radius 1 is 1.59 bits per heavy atom. The van der Waals surface area contributed by atoms with Crippen LogP contribution in [0.4, 0.5) is 13.2 Å². The molecule has 0 aromatic carbocycles. The minimum atomic E-state index is -2.75. The molecule has 17 heavy (non-hydrogen) atoms. The second-order valence-electron chi connectivity index (χ2n) is 3.10. The Balaban J connectivity index is 2.99. The number of carbonyl (C=O) groups is 1. The number of alkyl halides is 2. The van der Waals surface area contributed by atoms with Crippen LogP contribution in [0.1, 0.15) is 24.5 Å². The lowest BCUT2D eigenvalue weighted by Crippen LogP contribution is -2.11. The summed E-state index contributed by atoms with van der Waals surface area (Å²) in [5.41, 5.74) is -0.564. The zero-order valence-electron chi connectivity index (χ0n) is 8.84. The SMILES string of the molecule is CCOC(=O)Cc1cc(C(F)F)c(I)nc1F. The largest absolute Gasteiger partial charge is 0.466 e. The molecule has 1 heterocycles. The molecule has 3 nitrogen and oxygen atoms in total. The number of pyridine rings is 1. The van der Waals surface area contributed by atoms with Gasteiger partial charge in [0.1, 0.15) is 3.70 Å². The van der Waals surface area contributed by atoms with Gasteiger partial charge in [0.2, 0.25) is 5.95 Å². The molecule has 94 valence electrons. The second-order valence-corrected chi connectivity index (χ2v) is 4.12. The first kappa shape index (κ1) is 14.2. The van der Waals surface area contributed by atoms with Gasteiger partial charge >= 0.3 is 5.97 Å². The third-order valence-electron chi connectivity index (χ3n) is 1.90. The standard InChI is InChI=1S/C10H9F3INO2/c1-2-17-7(16)4-5-3-6(8(11)12)10(14)15-9(5)13/h3,8H,2,4H2,1H3. The first-order valence-corrected chi connectivity index (χ1v) is 5.82. The van der Waals surface area contributed by atoms with Crippen LogP contribution in [0.2, 0.25) is 0 Å². The summed E-state index contributed by atoms with van der Waals surface area (Å²) in [6.07, 6.45) is -3.15. The molecular weight excluding hydrogens is 350 g/mol. The molecule has 0 saturated carbocycles. The predicted molar refractivity (Wildman–Crippen MR) is 62.2 cm³/mol. The molecule has 0 aliphatic rings. The molecule has 0 spiro atoms. The quantitative estimate of drug-likeness (QED) is 0.472. The maximum absolute atomic E-state index is 13.3. The van der Waals surface area contributed by atoms with Crippen LogP contribution >= 0.6 is 22.6 Å². The lowest BCUT2D eigenvalue weighted by Gasteiger charge is -2.07. The summed E-state index contributed by atoms with van der Waals surface area (Å²) >= 11 is 1.52. The Bertz CT molecular complexity index is 426. The van der Waals surface area contributed by atoms with Crippen LogP contribution in [0.5, 0.6) is 0 Å². The Labute approximate surface area is 110 Å². The summed E-state index contributed by atoms with van der Waals surface area (Å²) in [6, 6.07) is 0.950. The van der Waals surface area contributed by atoms with Crippen molar-refractivity contribution in [3.8, 4) is 0 Å². The van der Waals surface area contributed by atoms with Crippen LogP contribution in [-0.2, 0) is 16.0 Å². The molecule has 0 atom stereocenters. The maximum atomic E-state index is 13.3. The second kappa shape index (κ2) is 6.18. The Morgan fingerprint density at radius 2 is 2.24 bits per heavy atom. The molecule has 0 saturated heterocycles. The van der Waals surface area contributed by atoms with Gasteiger partial charge in [0.15, 0.2) is 0 Å². The first-order chi connectivity index (χ1) is 7.95. The van der Waals surface area contributed by atoms with E-state index in [1.54, 1.807) is 6.92 Å². The highest BCUT2D eigenvalue weighted by Crippen LogP contribution is 2.25. The summed E-state index contributed by atoms with van der Waals surface area (Å²) in [7, 11) is 0. The molecule has 0 bridgehead atoms.